The number of aryl methyl sites for hydroxylation is 1. The van der Waals surface area contributed by atoms with Crippen LogP contribution in [0.25, 0.3) is 5.69 Å². The van der Waals surface area contributed by atoms with Gasteiger partial charge in [0.25, 0.3) is 0 Å². The van der Waals surface area contributed by atoms with Gasteiger partial charge in [-0.15, -0.1) is 0 Å². The molecule has 1 N–H and O–H groups in total. The topological polar surface area (TPSA) is 59.4 Å². The fourth-order valence-corrected chi connectivity index (χ4v) is 4.83. The summed E-state index contributed by atoms with van der Waals surface area (Å²) in [4.78, 5) is 18.5. The molecule has 6 nitrogen and oxygen atoms in total. The summed E-state index contributed by atoms with van der Waals surface area (Å²) < 4.78 is 7.06. The molecule has 1 aromatic carbocycles. The Morgan fingerprint density at radius 2 is 1.97 bits per heavy atom. The van der Waals surface area contributed by atoms with Gasteiger partial charge in [0.05, 0.1) is 31.3 Å². The second kappa shape index (κ2) is 9.30. The summed E-state index contributed by atoms with van der Waals surface area (Å²) in [6.45, 7) is 4.64. The zero-order valence-electron chi connectivity index (χ0n) is 18.2. The van der Waals surface area contributed by atoms with Gasteiger partial charge >= 0.3 is 5.97 Å². The number of aromatic nitrogens is 2. The van der Waals surface area contributed by atoms with Crippen LogP contribution in [0.3, 0.4) is 0 Å². The molecule has 4 rings (SSSR count). The maximum Gasteiger partial charge on any atom is 0.307 e. The van der Waals surface area contributed by atoms with E-state index < -0.39 is 0 Å². The maximum atomic E-state index is 11.9. The van der Waals surface area contributed by atoms with Crippen molar-refractivity contribution in [1.29, 1.82) is 0 Å². The molecule has 0 amide bonds. The molecule has 3 heterocycles. The van der Waals surface area contributed by atoms with E-state index in [1.807, 2.05) is 42.5 Å². The minimum absolute atomic E-state index is 0.116. The molecule has 0 aliphatic carbocycles. The molecule has 0 bridgehead atoms. The van der Waals surface area contributed by atoms with Gasteiger partial charge in [0.2, 0.25) is 0 Å². The van der Waals surface area contributed by atoms with Crippen LogP contribution in [0, 0.1) is 13.8 Å². The number of benzene rings is 1. The van der Waals surface area contributed by atoms with Gasteiger partial charge < -0.3 is 19.5 Å². The second-order valence-electron chi connectivity index (χ2n) is 7.78. The van der Waals surface area contributed by atoms with E-state index in [9.17, 15) is 4.79 Å². The Balaban J connectivity index is 1.78. The molecular formula is C24H25ClN4O2S. The van der Waals surface area contributed by atoms with Crippen molar-refractivity contribution in [1.82, 2.24) is 19.8 Å². The van der Waals surface area contributed by atoms with E-state index in [0.29, 0.717) is 16.7 Å². The lowest BCUT2D eigenvalue weighted by Gasteiger charge is -2.28. The van der Waals surface area contributed by atoms with Crippen molar-refractivity contribution in [2.24, 2.45) is 0 Å². The molecule has 2 aromatic heterocycles. The van der Waals surface area contributed by atoms with E-state index in [0.717, 1.165) is 28.3 Å². The first-order valence-electron chi connectivity index (χ1n) is 10.4. The van der Waals surface area contributed by atoms with Crippen LogP contribution >= 0.6 is 23.8 Å². The summed E-state index contributed by atoms with van der Waals surface area (Å²) >= 11 is 11.8. The molecule has 0 spiro atoms. The Labute approximate surface area is 198 Å². The Kier molecular flexibility index (Phi) is 6.48. The summed E-state index contributed by atoms with van der Waals surface area (Å²) in [6, 6.07) is 15.6. The van der Waals surface area contributed by atoms with Crippen LogP contribution < -0.4 is 5.32 Å². The van der Waals surface area contributed by atoms with E-state index in [-0.39, 0.29) is 24.5 Å². The fourth-order valence-electron chi connectivity index (χ4n) is 4.37. The highest BCUT2D eigenvalue weighted by molar-refractivity contribution is 7.80. The molecule has 1 aliphatic rings. The quantitative estimate of drug-likeness (QED) is 0.418. The van der Waals surface area contributed by atoms with Gasteiger partial charge in [-0.1, -0.05) is 17.7 Å². The number of nitrogens with zero attached hydrogens (tertiary/aromatic N) is 3. The van der Waals surface area contributed by atoms with Gasteiger partial charge in [-0.2, -0.15) is 0 Å². The van der Waals surface area contributed by atoms with Crippen LogP contribution in [0.2, 0.25) is 5.02 Å². The Morgan fingerprint density at radius 1 is 1.22 bits per heavy atom. The SMILES string of the molecule is COC(=O)CCN1C(=S)N[C@H](c2ccccn2)[C@H]1c1cc(C)n(-c2ccc(Cl)cc2)c1C. The number of hydrogen-bond acceptors (Lipinski definition) is 4. The second-order valence-corrected chi connectivity index (χ2v) is 8.61. The van der Waals surface area contributed by atoms with E-state index in [2.05, 4.69) is 39.7 Å². The first-order valence-corrected chi connectivity index (χ1v) is 11.2. The highest BCUT2D eigenvalue weighted by Gasteiger charge is 2.41. The van der Waals surface area contributed by atoms with Gasteiger partial charge in [0.1, 0.15) is 0 Å². The summed E-state index contributed by atoms with van der Waals surface area (Å²) in [5, 5.41) is 4.73. The number of carbonyl (C=O) groups is 1. The molecular weight excluding hydrogens is 444 g/mol. The molecule has 2 atom stereocenters. The van der Waals surface area contributed by atoms with Crippen LogP contribution in [-0.4, -0.2) is 39.2 Å². The summed E-state index contributed by atoms with van der Waals surface area (Å²) in [5.41, 5.74) is 5.28. The molecule has 0 radical (unpaired) electrons. The highest BCUT2D eigenvalue weighted by atomic mass is 35.5. The molecule has 3 aromatic rings. The Morgan fingerprint density at radius 3 is 2.62 bits per heavy atom. The molecule has 166 valence electrons. The van der Waals surface area contributed by atoms with Crippen LogP contribution in [0.4, 0.5) is 0 Å². The van der Waals surface area contributed by atoms with Gasteiger partial charge in [-0.3, -0.25) is 9.78 Å². The van der Waals surface area contributed by atoms with E-state index >= 15 is 0 Å². The third-order valence-electron chi connectivity index (χ3n) is 5.86. The number of rotatable bonds is 6. The minimum atomic E-state index is -0.264. The first kappa shape index (κ1) is 22.3. The Bertz CT molecular complexity index is 1130. The molecule has 0 unspecified atom stereocenters. The largest absolute Gasteiger partial charge is 0.469 e. The average molecular weight is 469 g/mol. The highest BCUT2D eigenvalue weighted by Crippen LogP contribution is 2.41. The predicted octanol–water partition coefficient (Wildman–Crippen LogP) is 4.68. The summed E-state index contributed by atoms with van der Waals surface area (Å²) in [6.07, 6.45) is 2.03. The van der Waals surface area contributed by atoms with E-state index in [1.54, 1.807) is 6.20 Å². The molecule has 1 fully saturated rings. The number of pyridine rings is 1. The minimum Gasteiger partial charge on any atom is -0.469 e. The summed E-state index contributed by atoms with van der Waals surface area (Å²) in [7, 11) is 1.40. The van der Waals surface area contributed by atoms with Crippen molar-refractivity contribution >= 4 is 34.9 Å². The molecule has 0 saturated carbocycles. The first-order chi connectivity index (χ1) is 15.4. The van der Waals surface area contributed by atoms with Crippen molar-refractivity contribution in [2.75, 3.05) is 13.7 Å². The Hall–Kier alpha value is -2.90. The van der Waals surface area contributed by atoms with Crippen molar-refractivity contribution < 1.29 is 9.53 Å². The van der Waals surface area contributed by atoms with Crippen molar-refractivity contribution in [3.8, 4) is 5.69 Å². The average Bonchev–Trinajstić information content (AvgIpc) is 3.28. The molecule has 32 heavy (non-hydrogen) atoms. The monoisotopic (exact) mass is 468 g/mol. The predicted molar refractivity (Wildman–Crippen MR) is 129 cm³/mol. The molecule has 8 heteroatoms. The van der Waals surface area contributed by atoms with Crippen LogP contribution in [0.1, 0.15) is 41.1 Å². The lowest BCUT2D eigenvalue weighted by atomic mass is 9.96. The van der Waals surface area contributed by atoms with E-state index in [1.165, 1.54) is 7.11 Å². The molecule has 1 aliphatic heterocycles. The van der Waals surface area contributed by atoms with Crippen LogP contribution in [0.15, 0.2) is 54.7 Å². The normalized spacial score (nSPS) is 18.0. The number of carbonyl (C=O) groups excluding carboxylic acids is 1. The van der Waals surface area contributed by atoms with Crippen LogP contribution in [-0.2, 0) is 9.53 Å². The third kappa shape index (κ3) is 4.23. The standard InChI is InChI=1S/C24H25ClN4O2S/c1-15-14-19(16(2)29(15)18-9-7-17(25)8-10-18)23-22(20-6-4-5-12-26-20)27-24(32)28(23)13-11-21(30)31-3/h4-10,12,14,22-23H,11,13H2,1-3H3,(H,27,32)/t22-,23-/m1/s1. The zero-order chi connectivity index (χ0) is 22.8. The number of nitrogens with one attached hydrogen (secondary N) is 1. The number of esters is 1. The third-order valence-corrected chi connectivity index (χ3v) is 6.46. The fraction of sp³-hybridized carbons (Fsp3) is 0.292. The lowest BCUT2D eigenvalue weighted by Crippen LogP contribution is -2.32. The van der Waals surface area contributed by atoms with Gasteiger partial charge in [-0.05, 0) is 74.1 Å². The smallest absolute Gasteiger partial charge is 0.307 e. The summed E-state index contributed by atoms with van der Waals surface area (Å²) in [5.74, 6) is -0.264. The number of hydrogen-bond donors (Lipinski definition) is 1. The zero-order valence-corrected chi connectivity index (χ0v) is 19.8. The van der Waals surface area contributed by atoms with Crippen molar-refractivity contribution in [3.05, 3.63) is 82.4 Å². The van der Waals surface area contributed by atoms with Crippen molar-refractivity contribution in [3.63, 3.8) is 0 Å². The lowest BCUT2D eigenvalue weighted by molar-refractivity contribution is -0.140. The maximum absolute atomic E-state index is 11.9. The van der Waals surface area contributed by atoms with Crippen LogP contribution in [0.5, 0.6) is 0 Å². The number of thiocarbonyl (C=S) groups is 1. The van der Waals surface area contributed by atoms with Gasteiger partial charge in [-0.25, -0.2) is 0 Å². The number of halogens is 1. The van der Waals surface area contributed by atoms with Crippen molar-refractivity contribution in [2.45, 2.75) is 32.4 Å². The molecule has 1 saturated heterocycles. The van der Waals surface area contributed by atoms with Gasteiger partial charge in [0, 0.05) is 34.8 Å². The number of ether oxygens (including phenoxy) is 1. The number of methoxy groups -OCH3 is 1. The van der Waals surface area contributed by atoms with E-state index in [4.69, 9.17) is 28.6 Å². The van der Waals surface area contributed by atoms with Gasteiger partial charge in [0.15, 0.2) is 5.11 Å².